The Morgan fingerprint density at radius 1 is 0.918 bits per heavy atom. The van der Waals surface area contributed by atoms with Crippen molar-refractivity contribution in [3.63, 3.8) is 0 Å². The van der Waals surface area contributed by atoms with E-state index < -0.39 is 53.4 Å². The van der Waals surface area contributed by atoms with Gasteiger partial charge in [-0.2, -0.15) is 4.98 Å². The molecule has 13 heteroatoms. The fourth-order valence-electron chi connectivity index (χ4n) is 7.78. The van der Waals surface area contributed by atoms with Gasteiger partial charge in [0.15, 0.2) is 6.23 Å². The minimum absolute atomic E-state index is 0.0284. The average molecular weight is 708 g/mol. The third-order valence-corrected chi connectivity index (χ3v) is 20.6. The second-order valence-corrected chi connectivity index (χ2v) is 23.4. The summed E-state index contributed by atoms with van der Waals surface area (Å²) >= 11 is 0. The highest BCUT2D eigenvalue weighted by Gasteiger charge is 2.61. The van der Waals surface area contributed by atoms with Crippen molar-refractivity contribution in [2.45, 2.75) is 108 Å². The number of ether oxygens (including phenoxy) is 2. The average Bonchev–Trinajstić information content (AvgIpc) is 3.52. The van der Waals surface area contributed by atoms with Crippen LogP contribution >= 0.6 is 0 Å². The first-order valence-corrected chi connectivity index (χ1v) is 21.3. The van der Waals surface area contributed by atoms with Gasteiger partial charge in [0.05, 0.1) is 6.61 Å². The van der Waals surface area contributed by atoms with Gasteiger partial charge >= 0.3 is 28.9 Å². The Morgan fingerprint density at radius 3 is 2.04 bits per heavy atom. The summed E-state index contributed by atoms with van der Waals surface area (Å²) in [4.78, 5) is 30.3. The monoisotopic (exact) mass is 707 g/mol. The summed E-state index contributed by atoms with van der Waals surface area (Å²) in [5.74, 6) is -0.0728. The van der Waals surface area contributed by atoms with Crippen LogP contribution in [0.5, 0.6) is 0 Å². The van der Waals surface area contributed by atoms with E-state index in [-0.39, 0.29) is 47.1 Å². The molecule has 0 radical (unpaired) electrons. The summed E-state index contributed by atoms with van der Waals surface area (Å²) in [6.07, 6.45) is -2.91. The zero-order chi connectivity index (χ0) is 35.2. The number of nitrogens with zero attached hydrogens (tertiary/aromatic N) is 2. The molecule has 2 saturated heterocycles. The van der Waals surface area contributed by atoms with Gasteiger partial charge in [-0.25, -0.2) is 9.59 Å². The molecule has 4 atom stereocenters. The molecule has 3 aliphatic rings. The lowest BCUT2D eigenvalue weighted by atomic mass is 9.98. The van der Waals surface area contributed by atoms with Crippen molar-refractivity contribution in [2.24, 2.45) is 0 Å². The van der Waals surface area contributed by atoms with Crippen molar-refractivity contribution in [1.82, 2.24) is 9.55 Å². The molecule has 2 aliphatic heterocycles. The summed E-state index contributed by atoms with van der Waals surface area (Å²) in [7, 11) is -5.81. The van der Waals surface area contributed by atoms with E-state index in [1.807, 2.05) is 36.4 Å². The number of fused-ring (bicyclic) bond motifs is 4. The quantitative estimate of drug-likeness (QED) is 0.242. The lowest BCUT2D eigenvalue weighted by Crippen LogP contribution is -2.65. The Bertz CT molecular complexity index is 1670. The van der Waals surface area contributed by atoms with E-state index in [4.69, 9.17) is 22.4 Å². The van der Waals surface area contributed by atoms with Crippen molar-refractivity contribution < 1.29 is 32.3 Å². The minimum atomic E-state index is -3.00. The van der Waals surface area contributed by atoms with Gasteiger partial charge < -0.3 is 27.5 Å². The summed E-state index contributed by atoms with van der Waals surface area (Å²) < 4.78 is 34.1. The number of carbonyl (C=O) groups excluding carboxylic acids is 1. The molecule has 6 rings (SSSR count). The molecule has 0 bridgehead atoms. The number of benzene rings is 2. The second-order valence-electron chi connectivity index (χ2n) is 14.6. The van der Waals surface area contributed by atoms with Gasteiger partial charge in [0.2, 0.25) is 0 Å². The Hall–Kier alpha value is -3.18. The molecule has 3 aromatic rings. The van der Waals surface area contributed by atoms with Crippen LogP contribution < -0.4 is 11.0 Å². The van der Waals surface area contributed by atoms with Crippen molar-refractivity contribution in [3.8, 4) is 11.1 Å². The number of anilines is 1. The molecule has 0 spiro atoms. The summed E-state index contributed by atoms with van der Waals surface area (Å²) in [6, 6.07) is 17.7. The van der Waals surface area contributed by atoms with Crippen molar-refractivity contribution in [2.75, 3.05) is 18.5 Å². The molecule has 0 unspecified atom stereocenters. The van der Waals surface area contributed by atoms with E-state index >= 15 is 0 Å². The van der Waals surface area contributed by atoms with Crippen molar-refractivity contribution in [1.29, 1.82) is 0 Å². The number of aromatic nitrogens is 2. The normalized spacial score (nSPS) is 24.4. The maximum absolute atomic E-state index is 13.4. The maximum atomic E-state index is 13.4. The van der Waals surface area contributed by atoms with Gasteiger partial charge in [0.25, 0.3) is 0 Å². The zero-order valence-electron chi connectivity index (χ0n) is 29.6. The van der Waals surface area contributed by atoms with Gasteiger partial charge in [-0.05, 0) is 50.5 Å². The molecule has 1 amide bonds. The Labute approximate surface area is 290 Å². The fraction of sp³-hybridized carbons (Fsp3) is 0.528. The van der Waals surface area contributed by atoms with Crippen LogP contribution in [0.1, 0.15) is 78.7 Å². The van der Waals surface area contributed by atoms with E-state index in [1.165, 1.54) is 16.8 Å². The first-order valence-electron chi connectivity index (χ1n) is 17.4. The van der Waals surface area contributed by atoms with Crippen LogP contribution in [0.3, 0.4) is 0 Å². The number of carbonyl (C=O) groups is 1. The highest BCUT2D eigenvalue weighted by molar-refractivity contribution is 6.84. The van der Waals surface area contributed by atoms with Crippen LogP contribution in [0.25, 0.3) is 11.1 Å². The first-order chi connectivity index (χ1) is 23.3. The maximum Gasteiger partial charge on any atom is 0.412 e. The van der Waals surface area contributed by atoms with Crippen LogP contribution in [0.4, 0.5) is 10.6 Å². The Kier molecular flexibility index (Phi) is 10.1. The number of aliphatic hydroxyl groups is 1. The molecule has 11 nitrogen and oxygen atoms in total. The number of hydrogen-bond acceptors (Lipinski definition) is 9. The third kappa shape index (κ3) is 6.34. The van der Waals surface area contributed by atoms with Crippen LogP contribution in [-0.4, -0.2) is 69.4 Å². The minimum Gasteiger partial charge on any atom is -0.448 e. The zero-order valence-corrected chi connectivity index (χ0v) is 31.6. The molecule has 2 fully saturated rings. The largest absolute Gasteiger partial charge is 0.448 e. The smallest absolute Gasteiger partial charge is 0.412 e. The highest BCUT2D eigenvalue weighted by Crippen LogP contribution is 2.48. The molecule has 2 aromatic carbocycles. The van der Waals surface area contributed by atoms with E-state index in [2.05, 4.69) is 77.8 Å². The molecular weight excluding hydrogens is 659 g/mol. The van der Waals surface area contributed by atoms with E-state index in [0.717, 1.165) is 22.3 Å². The van der Waals surface area contributed by atoms with Crippen LogP contribution in [-0.2, 0) is 22.4 Å². The summed E-state index contributed by atoms with van der Waals surface area (Å²) in [5, 5.41) is 14.2. The van der Waals surface area contributed by atoms with Gasteiger partial charge in [0.1, 0.15) is 30.7 Å². The van der Waals surface area contributed by atoms with Gasteiger partial charge in [-0.3, -0.25) is 9.88 Å². The van der Waals surface area contributed by atoms with Crippen LogP contribution in [0, 0.1) is 0 Å². The standard InChI is InChI=1S/C36H49N3O8Si2/c1-21(2)48(22(3)4)44-20-30-33(46-49(47-48,23(5)6)24(7)8)32(40)34(45-30)39-18-17-31(37-35(39)41)38-36(42)43-19-29-27-15-11-9-13-25(27)26-14-10-12-16-28(26)29/h9-18,21-24,29-30,32-34,40H,19-20H2,1-8H3,(H,37,38,41,42)/t30-,32-,33-,34-/m1/s1. The molecule has 49 heavy (non-hydrogen) atoms. The Morgan fingerprint density at radius 2 is 1.49 bits per heavy atom. The topological polar surface area (TPSA) is 130 Å². The van der Waals surface area contributed by atoms with E-state index in [0.29, 0.717) is 0 Å². The predicted molar refractivity (Wildman–Crippen MR) is 191 cm³/mol. The van der Waals surface area contributed by atoms with E-state index in [9.17, 15) is 14.7 Å². The van der Waals surface area contributed by atoms with Gasteiger partial charge in [0, 0.05) is 12.1 Å². The lowest BCUT2D eigenvalue weighted by molar-refractivity contribution is -0.0600. The molecule has 0 saturated carbocycles. The number of aliphatic hydroxyl groups excluding tert-OH is 1. The molecule has 264 valence electrons. The number of rotatable bonds is 8. The van der Waals surface area contributed by atoms with Crippen molar-refractivity contribution >= 4 is 29.0 Å². The predicted octanol–water partition coefficient (Wildman–Crippen LogP) is 6.82. The number of hydrogen-bond donors (Lipinski definition) is 2. The van der Waals surface area contributed by atoms with Gasteiger partial charge in [-0.15, -0.1) is 0 Å². The van der Waals surface area contributed by atoms with Crippen LogP contribution in [0.2, 0.25) is 22.2 Å². The third-order valence-electron chi connectivity index (χ3n) is 10.3. The second kappa shape index (κ2) is 13.9. The molecule has 1 aromatic heterocycles. The molecular formula is C36H49N3O8Si2. The first kappa shape index (κ1) is 35.6. The molecule has 2 N–H and O–H groups in total. The number of nitrogens with one attached hydrogen (secondary N) is 1. The van der Waals surface area contributed by atoms with E-state index in [1.54, 1.807) is 0 Å². The van der Waals surface area contributed by atoms with Crippen molar-refractivity contribution in [3.05, 3.63) is 82.4 Å². The fourth-order valence-corrected chi connectivity index (χ4v) is 19.0. The highest BCUT2D eigenvalue weighted by atomic mass is 28.5. The SMILES string of the molecule is CC(C)[Si]1(C(C)C)OC[C@H]2O[C@@H](n3ccc(NC(=O)OCC4c5ccccc5-c5ccccc54)nc3=O)[C@H](O)[C@@H]2O[Si](C(C)C)(C(C)C)O1. The Balaban J connectivity index is 1.18. The van der Waals surface area contributed by atoms with Gasteiger partial charge in [-0.1, -0.05) is 104 Å². The summed E-state index contributed by atoms with van der Waals surface area (Å²) in [6.45, 7) is 17.3. The molecule has 1 aliphatic carbocycles. The van der Waals surface area contributed by atoms with Crippen LogP contribution in [0.15, 0.2) is 65.6 Å². The summed E-state index contributed by atoms with van der Waals surface area (Å²) in [5.41, 5.74) is 4.21. The number of amides is 1. The molecule has 3 heterocycles. The lowest BCUT2D eigenvalue weighted by Gasteiger charge is -2.51.